The van der Waals surface area contributed by atoms with Crippen LogP contribution in [0.4, 0.5) is 5.82 Å². The van der Waals surface area contributed by atoms with Crippen LogP contribution in [0.15, 0.2) is 51.9 Å². The summed E-state index contributed by atoms with van der Waals surface area (Å²) in [5.41, 5.74) is 3.65. The van der Waals surface area contributed by atoms with Crippen LogP contribution in [0.5, 0.6) is 0 Å². The number of aryl methyl sites for hydroxylation is 2. The highest BCUT2D eigenvalue weighted by molar-refractivity contribution is 7.93. The van der Waals surface area contributed by atoms with Gasteiger partial charge in [-0.05, 0) is 37.5 Å². The number of benzene rings is 2. The van der Waals surface area contributed by atoms with Crippen molar-refractivity contribution in [3.05, 3.63) is 64.9 Å². The van der Waals surface area contributed by atoms with Gasteiger partial charge in [0.25, 0.3) is 10.0 Å². The number of rotatable bonds is 6. The topological polar surface area (TPSA) is 81.4 Å². The van der Waals surface area contributed by atoms with Gasteiger partial charge in [0.1, 0.15) is 5.76 Å². The van der Waals surface area contributed by atoms with Crippen molar-refractivity contribution >= 4 is 15.8 Å². The quantitative estimate of drug-likeness (QED) is 0.686. The molecule has 6 nitrogen and oxygen atoms in total. The smallest absolute Gasteiger partial charge is 0.264 e. The minimum atomic E-state index is -3.88. The summed E-state index contributed by atoms with van der Waals surface area (Å²) in [6, 6.07) is 13.0. The minimum absolute atomic E-state index is 0.201. The standard InChI is InChI=1S/C20H22N2O4S/c1-13-8-7-11-18(17-10-6-5-9-16(17)12-25-4)19(13)27(23,24)22-20-14(2)15(3)26-21-20/h5-11H,12H2,1-4H3,(H,21,22). The summed E-state index contributed by atoms with van der Waals surface area (Å²) in [6.07, 6.45) is 0. The molecule has 27 heavy (non-hydrogen) atoms. The van der Waals surface area contributed by atoms with Gasteiger partial charge < -0.3 is 9.26 Å². The van der Waals surface area contributed by atoms with E-state index in [1.165, 1.54) is 0 Å². The van der Waals surface area contributed by atoms with Gasteiger partial charge in [-0.15, -0.1) is 0 Å². The second-order valence-corrected chi connectivity index (χ2v) is 7.98. The predicted molar refractivity (Wildman–Crippen MR) is 104 cm³/mol. The third kappa shape index (κ3) is 3.74. The van der Waals surface area contributed by atoms with Crippen molar-refractivity contribution in [3.63, 3.8) is 0 Å². The van der Waals surface area contributed by atoms with Crippen LogP contribution in [-0.4, -0.2) is 20.7 Å². The fourth-order valence-electron chi connectivity index (χ4n) is 2.98. The van der Waals surface area contributed by atoms with Crippen LogP contribution >= 0.6 is 0 Å². The molecule has 0 bridgehead atoms. The molecule has 0 saturated carbocycles. The molecule has 0 aliphatic carbocycles. The number of nitrogens with zero attached hydrogens (tertiary/aromatic N) is 1. The Morgan fingerprint density at radius 1 is 1.04 bits per heavy atom. The van der Waals surface area contributed by atoms with Gasteiger partial charge in [0, 0.05) is 18.2 Å². The molecular formula is C20H22N2O4S. The molecule has 0 saturated heterocycles. The van der Waals surface area contributed by atoms with Gasteiger partial charge in [-0.3, -0.25) is 4.72 Å². The number of hydrogen-bond donors (Lipinski definition) is 1. The van der Waals surface area contributed by atoms with Crippen molar-refractivity contribution in [2.45, 2.75) is 32.3 Å². The Bertz CT molecular complexity index is 1070. The first-order chi connectivity index (χ1) is 12.8. The van der Waals surface area contributed by atoms with Gasteiger partial charge in [0.2, 0.25) is 0 Å². The SMILES string of the molecule is COCc1ccccc1-c1cccc(C)c1S(=O)(=O)Nc1noc(C)c1C. The van der Waals surface area contributed by atoms with E-state index in [2.05, 4.69) is 9.88 Å². The number of methoxy groups -OCH3 is 1. The first kappa shape index (κ1) is 19.1. The maximum absolute atomic E-state index is 13.2. The monoisotopic (exact) mass is 386 g/mol. The fourth-order valence-corrected chi connectivity index (χ4v) is 4.48. The van der Waals surface area contributed by atoms with E-state index in [1.807, 2.05) is 30.3 Å². The Morgan fingerprint density at radius 2 is 1.74 bits per heavy atom. The zero-order chi connectivity index (χ0) is 19.6. The molecule has 1 heterocycles. The molecule has 0 fully saturated rings. The van der Waals surface area contributed by atoms with E-state index in [1.54, 1.807) is 40.0 Å². The highest BCUT2D eigenvalue weighted by Gasteiger charge is 2.25. The van der Waals surface area contributed by atoms with Crippen LogP contribution in [0, 0.1) is 20.8 Å². The molecule has 7 heteroatoms. The molecule has 0 unspecified atom stereocenters. The average Bonchev–Trinajstić information content (AvgIpc) is 2.93. The summed E-state index contributed by atoms with van der Waals surface area (Å²) < 4.78 is 39.4. The second kappa shape index (κ2) is 7.54. The van der Waals surface area contributed by atoms with Crippen molar-refractivity contribution in [1.29, 1.82) is 0 Å². The van der Waals surface area contributed by atoms with Gasteiger partial charge in [-0.25, -0.2) is 8.42 Å². The Kier molecular flexibility index (Phi) is 5.34. The van der Waals surface area contributed by atoms with E-state index in [0.717, 1.165) is 11.1 Å². The average molecular weight is 386 g/mol. The van der Waals surface area contributed by atoms with Crippen molar-refractivity contribution in [2.75, 3.05) is 11.8 Å². The van der Waals surface area contributed by atoms with Gasteiger partial charge >= 0.3 is 0 Å². The van der Waals surface area contributed by atoms with Gasteiger partial charge in [0.05, 0.1) is 11.5 Å². The fraction of sp³-hybridized carbons (Fsp3) is 0.250. The molecule has 0 atom stereocenters. The molecule has 0 aliphatic heterocycles. The van der Waals surface area contributed by atoms with Gasteiger partial charge in [0.15, 0.2) is 5.82 Å². The molecule has 3 aromatic rings. The van der Waals surface area contributed by atoms with E-state index in [4.69, 9.17) is 9.26 Å². The van der Waals surface area contributed by atoms with Crippen molar-refractivity contribution in [1.82, 2.24) is 5.16 Å². The van der Waals surface area contributed by atoms with Crippen molar-refractivity contribution in [2.24, 2.45) is 0 Å². The van der Waals surface area contributed by atoms with E-state index < -0.39 is 10.0 Å². The maximum atomic E-state index is 13.2. The number of hydrogen-bond acceptors (Lipinski definition) is 5. The largest absolute Gasteiger partial charge is 0.380 e. The lowest BCUT2D eigenvalue weighted by molar-refractivity contribution is 0.185. The van der Waals surface area contributed by atoms with Crippen molar-refractivity contribution < 1.29 is 17.7 Å². The number of anilines is 1. The molecule has 0 spiro atoms. The predicted octanol–water partition coefficient (Wildman–Crippen LogP) is 4.21. The summed E-state index contributed by atoms with van der Waals surface area (Å²) >= 11 is 0. The van der Waals surface area contributed by atoms with Gasteiger partial charge in [-0.1, -0.05) is 47.6 Å². The molecule has 3 rings (SSSR count). The maximum Gasteiger partial charge on any atom is 0.264 e. The lowest BCUT2D eigenvalue weighted by Crippen LogP contribution is -2.16. The van der Waals surface area contributed by atoms with Crippen LogP contribution < -0.4 is 4.72 Å². The van der Waals surface area contributed by atoms with E-state index >= 15 is 0 Å². The number of sulfonamides is 1. The highest BCUT2D eigenvalue weighted by atomic mass is 32.2. The number of aromatic nitrogens is 1. The Hall–Kier alpha value is -2.64. The summed E-state index contributed by atoms with van der Waals surface area (Å²) in [4.78, 5) is 0.216. The summed E-state index contributed by atoms with van der Waals surface area (Å²) in [7, 11) is -2.26. The molecular weight excluding hydrogens is 364 g/mol. The third-order valence-electron chi connectivity index (χ3n) is 4.48. The summed E-state index contributed by atoms with van der Waals surface area (Å²) in [5.74, 6) is 0.773. The molecule has 142 valence electrons. The van der Waals surface area contributed by atoms with Crippen molar-refractivity contribution in [3.8, 4) is 11.1 Å². The van der Waals surface area contributed by atoms with E-state index in [0.29, 0.717) is 29.1 Å². The number of nitrogens with one attached hydrogen (secondary N) is 1. The summed E-state index contributed by atoms with van der Waals surface area (Å²) in [6.45, 7) is 5.66. The van der Waals surface area contributed by atoms with E-state index in [9.17, 15) is 8.42 Å². The lowest BCUT2D eigenvalue weighted by Gasteiger charge is -2.16. The van der Waals surface area contributed by atoms with E-state index in [-0.39, 0.29) is 10.7 Å². The highest BCUT2D eigenvalue weighted by Crippen LogP contribution is 2.34. The zero-order valence-electron chi connectivity index (χ0n) is 15.7. The molecule has 0 radical (unpaired) electrons. The molecule has 1 aromatic heterocycles. The molecule has 0 aliphatic rings. The lowest BCUT2D eigenvalue weighted by atomic mass is 9.98. The second-order valence-electron chi connectivity index (χ2n) is 6.36. The zero-order valence-corrected chi connectivity index (χ0v) is 16.6. The minimum Gasteiger partial charge on any atom is -0.380 e. The third-order valence-corrected chi connectivity index (χ3v) is 6.02. The van der Waals surface area contributed by atoms with Crippen LogP contribution in [0.1, 0.15) is 22.5 Å². The van der Waals surface area contributed by atoms with Crippen LogP contribution in [0.3, 0.4) is 0 Å². The van der Waals surface area contributed by atoms with Crippen LogP contribution in [0.2, 0.25) is 0 Å². The normalized spacial score (nSPS) is 11.6. The van der Waals surface area contributed by atoms with Gasteiger partial charge in [-0.2, -0.15) is 0 Å². The molecule has 0 amide bonds. The Morgan fingerprint density at radius 3 is 2.41 bits per heavy atom. The Labute approximate surface area is 159 Å². The molecule has 2 aromatic carbocycles. The number of ether oxygens (including phenoxy) is 1. The summed E-state index contributed by atoms with van der Waals surface area (Å²) in [5, 5.41) is 3.82. The first-order valence-electron chi connectivity index (χ1n) is 8.47. The molecule has 1 N–H and O–H groups in total. The Balaban J connectivity index is 2.16. The first-order valence-corrected chi connectivity index (χ1v) is 9.96. The van der Waals surface area contributed by atoms with Crippen LogP contribution in [-0.2, 0) is 21.4 Å². The van der Waals surface area contributed by atoms with Crippen LogP contribution in [0.25, 0.3) is 11.1 Å².